The standard InChI is InChI=1S/C18H15FN.2C18H14N.C16H11FN.2C11H8N.2C5H8O2.4CH4.4Ir/c1-11-6-12(2)8-15(7-11)17-5-4-14-10-16(19)13(3)9-18(14)20-17;2*1-14-12-18(16-10-6-3-7-11-16)19-13-17(14)15-8-4-2-5-9-15;1-11-10-13(6-7-15(11)17)16-14-5-3-2-4-12(14)8-9-18-16;2*1-2-6-10(7-3-1)11-8-4-5-9-12-11;2*1-4(6)3-5(2)7;;;;;;;;/h4-7,9-10H,1-3H3;2*2-10,12-13H,1H3;2-5,7-10H,1H3;2*1-6,8-9H;2*3,6H,1-2H3;4*1H4;;;;/q6*-1;;;;;;;;;;. The molecule has 16 heteroatoms. The Hall–Kier alpha value is -11.5. The third-order valence-electron chi connectivity index (χ3n) is 16.9. The molecule has 0 aliphatic carbocycles. The smallest absolute Gasteiger partial charge is 0.155 e. The van der Waals surface area contributed by atoms with Crippen LogP contribution in [0, 0.1) is 89.6 Å². The summed E-state index contributed by atoms with van der Waals surface area (Å²) in [4.78, 5) is 46.6. The van der Waals surface area contributed by atoms with Gasteiger partial charge in [0.2, 0.25) is 0 Å². The van der Waals surface area contributed by atoms with Crippen LogP contribution in [0.2, 0.25) is 0 Å². The molecule has 636 valence electrons. The van der Waals surface area contributed by atoms with Gasteiger partial charge in [-0.1, -0.05) is 190 Å². The minimum absolute atomic E-state index is 0. The Bertz CT molecular complexity index is 5490. The van der Waals surface area contributed by atoms with Gasteiger partial charge in [0.1, 0.15) is 5.82 Å². The molecule has 4 radical (unpaired) electrons. The molecule has 0 saturated heterocycles. The number of fused-ring (bicyclic) bond motifs is 2. The fraction of sp³-hybridized carbons (Fsp3) is 0.132. The number of carbonyl (C=O) groups is 2. The van der Waals surface area contributed by atoms with Crippen LogP contribution in [0.25, 0.3) is 111 Å². The predicted molar refractivity (Wildman–Crippen MR) is 486 cm³/mol. The van der Waals surface area contributed by atoms with E-state index in [4.69, 9.17) is 10.2 Å². The maximum absolute atomic E-state index is 13.5. The molecule has 0 aliphatic heterocycles. The number of aryl methyl sites for hydroxylation is 6. The maximum Gasteiger partial charge on any atom is 0.155 e. The van der Waals surface area contributed by atoms with Crippen molar-refractivity contribution >= 4 is 33.2 Å². The number of halogens is 2. The van der Waals surface area contributed by atoms with Crippen LogP contribution in [0.5, 0.6) is 0 Å². The van der Waals surface area contributed by atoms with Gasteiger partial charge in [-0.15, -0.1) is 202 Å². The Morgan fingerprint density at radius 1 is 0.352 bits per heavy atom. The van der Waals surface area contributed by atoms with Crippen LogP contribution in [0.15, 0.2) is 340 Å². The Labute approximate surface area is 775 Å². The van der Waals surface area contributed by atoms with E-state index >= 15 is 0 Å². The van der Waals surface area contributed by atoms with E-state index in [9.17, 15) is 18.4 Å². The van der Waals surface area contributed by atoms with Gasteiger partial charge in [-0.05, 0) is 152 Å². The van der Waals surface area contributed by atoms with E-state index in [1.165, 1.54) is 90.9 Å². The number of benzene rings is 10. The minimum Gasteiger partial charge on any atom is -0.512 e. The quantitative estimate of drug-likeness (QED) is 0.0769. The Balaban J connectivity index is 0.000000705. The number of hydrogen-bond acceptors (Lipinski definition) is 10. The van der Waals surface area contributed by atoms with E-state index in [0.717, 1.165) is 94.8 Å². The van der Waals surface area contributed by atoms with Gasteiger partial charge in [0.15, 0.2) is 11.6 Å². The summed E-state index contributed by atoms with van der Waals surface area (Å²) in [5.74, 6) is -0.552. The molecule has 2 N–H and O–H groups in total. The molecule has 16 aromatic rings. The molecular weight excluding hydrogens is 2230 g/mol. The fourth-order valence-corrected chi connectivity index (χ4v) is 11.6. The van der Waals surface area contributed by atoms with Crippen molar-refractivity contribution in [3.63, 3.8) is 0 Å². The van der Waals surface area contributed by atoms with Crippen molar-refractivity contribution < 1.29 is 109 Å². The number of carbonyl (C=O) groups excluding carboxylic acids is 2. The molecule has 0 amide bonds. The van der Waals surface area contributed by atoms with E-state index in [-0.39, 0.29) is 145 Å². The van der Waals surface area contributed by atoms with Gasteiger partial charge in [0.05, 0.1) is 17.0 Å². The summed E-state index contributed by atoms with van der Waals surface area (Å²) in [6.45, 7) is 17.5. The molecule has 6 aromatic heterocycles. The van der Waals surface area contributed by atoms with Crippen LogP contribution in [0.1, 0.15) is 90.8 Å². The van der Waals surface area contributed by atoms with Gasteiger partial charge in [0.25, 0.3) is 0 Å². The van der Waals surface area contributed by atoms with Gasteiger partial charge < -0.3 is 35.1 Å². The molecule has 0 aliphatic rings. The van der Waals surface area contributed by atoms with Gasteiger partial charge in [-0.3, -0.25) is 19.0 Å². The van der Waals surface area contributed by atoms with Crippen molar-refractivity contribution in [1.82, 2.24) is 29.9 Å². The predicted octanol–water partition coefficient (Wildman–Crippen LogP) is 27.7. The van der Waals surface area contributed by atoms with Crippen molar-refractivity contribution in [3.05, 3.63) is 421 Å². The van der Waals surface area contributed by atoms with Crippen LogP contribution in [-0.4, -0.2) is 51.7 Å². The molecule has 0 atom stereocenters. The molecule has 122 heavy (non-hydrogen) atoms. The van der Waals surface area contributed by atoms with Crippen molar-refractivity contribution in [2.45, 2.75) is 98.9 Å². The second-order valence-electron chi connectivity index (χ2n) is 26.3. The fourth-order valence-electron chi connectivity index (χ4n) is 11.6. The van der Waals surface area contributed by atoms with Crippen LogP contribution in [0.3, 0.4) is 0 Å². The molecule has 0 spiro atoms. The number of pyridine rings is 6. The molecule has 10 aromatic carbocycles. The van der Waals surface area contributed by atoms with Gasteiger partial charge in [-0.2, -0.15) is 0 Å². The van der Waals surface area contributed by atoms with E-state index in [0.29, 0.717) is 11.1 Å². The molecule has 0 fully saturated rings. The summed E-state index contributed by atoms with van der Waals surface area (Å²) >= 11 is 0. The third-order valence-corrected chi connectivity index (χ3v) is 16.9. The Morgan fingerprint density at radius 3 is 1.17 bits per heavy atom. The van der Waals surface area contributed by atoms with Gasteiger partial charge in [-0.25, -0.2) is 4.39 Å². The number of allylic oxidation sites excluding steroid dienone is 4. The zero-order valence-electron chi connectivity index (χ0n) is 66.7. The van der Waals surface area contributed by atoms with Crippen LogP contribution < -0.4 is 0 Å². The third kappa shape index (κ3) is 34.9. The zero-order chi connectivity index (χ0) is 81.1. The van der Waals surface area contributed by atoms with E-state index < -0.39 is 0 Å². The first kappa shape index (κ1) is 109. The number of rotatable bonds is 10. The number of aliphatic hydroxyl groups is 2. The number of nitrogens with zero attached hydrogens (tertiary/aromatic N) is 6. The summed E-state index contributed by atoms with van der Waals surface area (Å²) < 4.78 is 26.8. The zero-order valence-corrected chi connectivity index (χ0v) is 76.2. The SMILES string of the molecule is C.C.C.C.CC(=O)C=C(C)O.CC(=O)C=C(C)O.Cc1[c-]c(-c2ccc3cc(F)c(C)cc3n2)cc(C)c1.Cc1cc(-c2[c-]cccc2)ncc1-c1ccccc1.Cc1cc(-c2[c-]cccc2)ncc1-c1ccccc1.Cc1cc(-c2nccc3ccccc23)[c-]cc1F.[Ir].[Ir].[Ir].[Ir].[c-]1ccccc1-c1ccccn1.[c-]1ccccc1-c1ccccn1. The Morgan fingerprint density at radius 2 is 0.779 bits per heavy atom. The average molecular weight is 2330 g/mol. The molecule has 0 saturated carbocycles. The summed E-state index contributed by atoms with van der Waals surface area (Å²) in [6.07, 6.45) is 11.6. The molecule has 0 unspecified atom stereocenters. The average Bonchev–Trinajstić information content (AvgIpc) is 0.810. The summed E-state index contributed by atoms with van der Waals surface area (Å²) in [5, 5.41) is 19.7. The number of ketones is 2. The number of hydrogen-bond donors (Lipinski definition) is 2. The van der Waals surface area contributed by atoms with Crippen LogP contribution in [0.4, 0.5) is 8.78 Å². The van der Waals surface area contributed by atoms with Crippen molar-refractivity contribution in [2.24, 2.45) is 0 Å². The molecule has 6 heterocycles. The maximum atomic E-state index is 13.5. The van der Waals surface area contributed by atoms with Crippen LogP contribution >= 0.6 is 0 Å². The normalized spacial score (nSPS) is 9.84. The summed E-state index contributed by atoms with van der Waals surface area (Å²) in [5.41, 5.74) is 23.1. The first-order valence-electron chi connectivity index (χ1n) is 36.8. The first-order chi connectivity index (χ1) is 55.2. The van der Waals surface area contributed by atoms with E-state index in [1.807, 2.05) is 232 Å². The Kier molecular flexibility index (Phi) is 50.6. The molecule has 0 bridgehead atoms. The van der Waals surface area contributed by atoms with E-state index in [1.54, 1.807) is 44.6 Å². The van der Waals surface area contributed by atoms with Gasteiger partial charge >= 0.3 is 0 Å². The largest absolute Gasteiger partial charge is 0.512 e. The molecule has 16 rings (SSSR count). The van der Waals surface area contributed by atoms with E-state index in [2.05, 4.69) is 136 Å². The second kappa shape index (κ2) is 56.9. The van der Waals surface area contributed by atoms with Crippen molar-refractivity contribution in [3.8, 4) is 89.8 Å². The molecular formula is C106H102F2Ir4N6O4-6. The minimum atomic E-state index is -0.237. The number of aliphatic hydroxyl groups excluding tert-OH is 2. The van der Waals surface area contributed by atoms with Gasteiger partial charge in [0, 0.05) is 146 Å². The summed E-state index contributed by atoms with van der Waals surface area (Å²) in [6, 6.07) is 112. The topological polar surface area (TPSA) is 152 Å². The van der Waals surface area contributed by atoms with Crippen LogP contribution in [-0.2, 0) is 90.0 Å². The van der Waals surface area contributed by atoms with Crippen molar-refractivity contribution in [2.75, 3.05) is 0 Å². The number of aromatic nitrogens is 6. The second-order valence-corrected chi connectivity index (χ2v) is 26.3. The van der Waals surface area contributed by atoms with Crippen molar-refractivity contribution in [1.29, 1.82) is 0 Å². The monoisotopic (exact) mass is 2330 g/mol. The molecule has 10 nitrogen and oxygen atoms in total. The first-order valence-corrected chi connectivity index (χ1v) is 36.8. The summed E-state index contributed by atoms with van der Waals surface area (Å²) in [7, 11) is 0.